The first-order valence-corrected chi connectivity index (χ1v) is 5.68. The Kier molecular flexibility index (Phi) is 3.61. The lowest BCUT2D eigenvalue weighted by molar-refractivity contribution is 0.329. The largest absolute Gasteiger partial charge is 0.504 e. The highest BCUT2D eigenvalue weighted by Gasteiger charge is 2.15. The Morgan fingerprint density at radius 1 is 0.947 bits per heavy atom. The van der Waals surface area contributed by atoms with Crippen molar-refractivity contribution < 1.29 is 20.1 Å². The van der Waals surface area contributed by atoms with Crippen molar-refractivity contribution in [3.8, 4) is 23.0 Å². The monoisotopic (exact) mass is 258 g/mol. The second-order valence-corrected chi connectivity index (χ2v) is 3.96. The van der Waals surface area contributed by atoms with Gasteiger partial charge in [0.2, 0.25) is 11.5 Å². The van der Waals surface area contributed by atoms with E-state index in [1.807, 2.05) is 30.3 Å². The third-order valence-corrected chi connectivity index (χ3v) is 2.70. The SMILES string of the molecule is COc1c(O)cc(C=Cc2ccccc2)c(O)c1O. The number of benzene rings is 2. The van der Waals surface area contributed by atoms with E-state index in [9.17, 15) is 15.3 Å². The zero-order valence-electron chi connectivity index (χ0n) is 10.4. The zero-order valence-corrected chi connectivity index (χ0v) is 10.4. The predicted octanol–water partition coefficient (Wildman–Crippen LogP) is 2.98. The number of methoxy groups -OCH3 is 1. The second kappa shape index (κ2) is 5.35. The molecular weight excluding hydrogens is 244 g/mol. The Bertz CT molecular complexity index is 603. The lowest BCUT2D eigenvalue weighted by Crippen LogP contribution is -1.87. The van der Waals surface area contributed by atoms with Crippen LogP contribution in [0.25, 0.3) is 12.2 Å². The molecule has 3 N–H and O–H groups in total. The minimum Gasteiger partial charge on any atom is -0.504 e. The lowest BCUT2D eigenvalue weighted by atomic mass is 10.1. The van der Waals surface area contributed by atoms with Crippen molar-refractivity contribution in [3.63, 3.8) is 0 Å². The number of aromatic hydroxyl groups is 3. The molecule has 0 unspecified atom stereocenters. The number of hydrogen-bond donors (Lipinski definition) is 3. The molecule has 2 aromatic carbocycles. The summed E-state index contributed by atoms with van der Waals surface area (Å²) in [5.41, 5.74) is 1.25. The summed E-state index contributed by atoms with van der Waals surface area (Å²) in [6.07, 6.45) is 3.37. The second-order valence-electron chi connectivity index (χ2n) is 3.96. The van der Waals surface area contributed by atoms with Crippen molar-refractivity contribution in [2.75, 3.05) is 7.11 Å². The Labute approximate surface area is 110 Å². The number of phenolic OH excluding ortho intramolecular Hbond substituents is 3. The van der Waals surface area contributed by atoms with Gasteiger partial charge in [-0.2, -0.15) is 0 Å². The van der Waals surface area contributed by atoms with Crippen LogP contribution < -0.4 is 4.74 Å². The smallest absolute Gasteiger partial charge is 0.206 e. The summed E-state index contributed by atoms with van der Waals surface area (Å²) in [6.45, 7) is 0. The molecule has 0 saturated carbocycles. The van der Waals surface area contributed by atoms with Crippen molar-refractivity contribution in [2.24, 2.45) is 0 Å². The molecule has 0 heterocycles. The van der Waals surface area contributed by atoms with Gasteiger partial charge in [-0.1, -0.05) is 42.5 Å². The van der Waals surface area contributed by atoms with E-state index in [2.05, 4.69) is 0 Å². The topological polar surface area (TPSA) is 69.9 Å². The van der Waals surface area contributed by atoms with E-state index < -0.39 is 5.75 Å². The summed E-state index contributed by atoms with van der Waals surface area (Å²) in [5, 5.41) is 29.2. The molecule has 2 rings (SSSR count). The van der Waals surface area contributed by atoms with Crippen LogP contribution in [0, 0.1) is 0 Å². The first-order chi connectivity index (χ1) is 9.13. The van der Waals surface area contributed by atoms with Crippen LogP contribution in [0.1, 0.15) is 11.1 Å². The Hall–Kier alpha value is -2.62. The third kappa shape index (κ3) is 2.63. The van der Waals surface area contributed by atoms with E-state index in [0.717, 1.165) is 5.56 Å². The fraction of sp³-hybridized carbons (Fsp3) is 0.0667. The van der Waals surface area contributed by atoms with E-state index >= 15 is 0 Å². The quantitative estimate of drug-likeness (QED) is 0.449. The molecule has 0 saturated heterocycles. The first-order valence-electron chi connectivity index (χ1n) is 5.68. The fourth-order valence-electron chi connectivity index (χ4n) is 1.73. The van der Waals surface area contributed by atoms with Crippen LogP contribution in [0.5, 0.6) is 23.0 Å². The summed E-state index contributed by atoms with van der Waals surface area (Å²) >= 11 is 0. The summed E-state index contributed by atoms with van der Waals surface area (Å²) < 4.78 is 4.79. The van der Waals surface area contributed by atoms with Crippen LogP contribution in [0.3, 0.4) is 0 Å². The van der Waals surface area contributed by atoms with Crippen molar-refractivity contribution >= 4 is 12.2 Å². The summed E-state index contributed by atoms with van der Waals surface area (Å²) in [6, 6.07) is 10.8. The van der Waals surface area contributed by atoms with Crippen molar-refractivity contribution in [1.82, 2.24) is 0 Å². The number of phenols is 3. The highest BCUT2D eigenvalue weighted by atomic mass is 16.5. The van der Waals surface area contributed by atoms with Crippen LogP contribution >= 0.6 is 0 Å². The van der Waals surface area contributed by atoms with Gasteiger partial charge in [0.05, 0.1) is 7.11 Å². The molecule has 2 aromatic rings. The maximum atomic E-state index is 9.82. The molecule has 98 valence electrons. The third-order valence-electron chi connectivity index (χ3n) is 2.70. The minimum atomic E-state index is -0.477. The van der Waals surface area contributed by atoms with E-state index in [4.69, 9.17) is 4.74 Å². The van der Waals surface area contributed by atoms with Crippen molar-refractivity contribution in [2.45, 2.75) is 0 Å². The normalized spacial score (nSPS) is 10.8. The summed E-state index contributed by atoms with van der Waals surface area (Å²) in [4.78, 5) is 0. The first kappa shape index (κ1) is 12.8. The molecule has 0 fully saturated rings. The Morgan fingerprint density at radius 3 is 2.26 bits per heavy atom. The zero-order chi connectivity index (χ0) is 13.8. The molecule has 0 radical (unpaired) electrons. The molecule has 0 aliphatic heterocycles. The summed E-state index contributed by atoms with van der Waals surface area (Å²) in [5.74, 6) is -1.18. The molecule has 0 bridgehead atoms. The van der Waals surface area contributed by atoms with Gasteiger partial charge in [-0.15, -0.1) is 0 Å². The van der Waals surface area contributed by atoms with Crippen LogP contribution in [0.2, 0.25) is 0 Å². The molecule has 19 heavy (non-hydrogen) atoms. The average Bonchev–Trinajstić information content (AvgIpc) is 2.43. The molecule has 0 aliphatic carbocycles. The maximum absolute atomic E-state index is 9.82. The van der Waals surface area contributed by atoms with E-state index in [0.29, 0.717) is 5.56 Å². The summed E-state index contributed by atoms with van der Waals surface area (Å²) in [7, 11) is 1.30. The molecule has 4 heteroatoms. The Morgan fingerprint density at radius 2 is 1.63 bits per heavy atom. The van der Waals surface area contributed by atoms with Crippen LogP contribution in [-0.4, -0.2) is 22.4 Å². The predicted molar refractivity (Wildman–Crippen MR) is 73.4 cm³/mol. The number of ether oxygens (including phenoxy) is 1. The molecule has 0 atom stereocenters. The van der Waals surface area contributed by atoms with Gasteiger partial charge in [0.15, 0.2) is 11.5 Å². The van der Waals surface area contributed by atoms with E-state index in [1.165, 1.54) is 13.2 Å². The van der Waals surface area contributed by atoms with Gasteiger partial charge in [-0.3, -0.25) is 0 Å². The van der Waals surface area contributed by atoms with E-state index in [1.54, 1.807) is 12.2 Å². The van der Waals surface area contributed by atoms with Gasteiger partial charge in [-0.25, -0.2) is 0 Å². The highest BCUT2D eigenvalue weighted by molar-refractivity contribution is 5.77. The Balaban J connectivity index is 2.39. The minimum absolute atomic E-state index is 0.144. The fourth-order valence-corrected chi connectivity index (χ4v) is 1.73. The maximum Gasteiger partial charge on any atom is 0.206 e. The van der Waals surface area contributed by atoms with Gasteiger partial charge >= 0.3 is 0 Å². The number of rotatable bonds is 3. The van der Waals surface area contributed by atoms with Gasteiger partial charge in [0.25, 0.3) is 0 Å². The van der Waals surface area contributed by atoms with Crippen LogP contribution in [-0.2, 0) is 0 Å². The highest BCUT2D eigenvalue weighted by Crippen LogP contribution is 2.45. The van der Waals surface area contributed by atoms with Crippen LogP contribution in [0.4, 0.5) is 0 Å². The van der Waals surface area contributed by atoms with E-state index in [-0.39, 0.29) is 17.2 Å². The van der Waals surface area contributed by atoms with Crippen molar-refractivity contribution in [3.05, 3.63) is 47.5 Å². The molecule has 4 nitrogen and oxygen atoms in total. The van der Waals surface area contributed by atoms with Gasteiger partial charge in [0.1, 0.15) is 0 Å². The molecular formula is C15H14O4. The van der Waals surface area contributed by atoms with Crippen LogP contribution in [0.15, 0.2) is 36.4 Å². The molecule has 0 spiro atoms. The molecule has 0 amide bonds. The van der Waals surface area contributed by atoms with Gasteiger partial charge in [-0.05, 0) is 11.6 Å². The lowest BCUT2D eigenvalue weighted by Gasteiger charge is -2.09. The van der Waals surface area contributed by atoms with Gasteiger partial charge < -0.3 is 20.1 Å². The van der Waals surface area contributed by atoms with Gasteiger partial charge in [0, 0.05) is 5.56 Å². The standard InChI is InChI=1S/C15H14O4/c1-19-15-12(16)9-11(13(17)14(15)18)8-7-10-5-3-2-4-6-10/h2-9,16-18H,1H3. The number of hydrogen-bond acceptors (Lipinski definition) is 4. The molecule has 0 aromatic heterocycles. The average molecular weight is 258 g/mol. The van der Waals surface area contributed by atoms with Crippen molar-refractivity contribution in [1.29, 1.82) is 0 Å². The molecule has 0 aliphatic rings.